The number of hydrogen-bond acceptors (Lipinski definition) is 3. The van der Waals surface area contributed by atoms with Crippen LogP contribution in [0, 0.1) is 0 Å². The molecule has 1 aromatic heterocycles. The predicted octanol–water partition coefficient (Wildman–Crippen LogP) is 3.45. The molecule has 112 valence electrons. The van der Waals surface area contributed by atoms with Gasteiger partial charge >= 0.3 is 0 Å². The average Bonchev–Trinajstić information content (AvgIpc) is 2.78. The second-order valence-electron chi connectivity index (χ2n) is 4.41. The Labute approximate surface area is 132 Å². The summed E-state index contributed by atoms with van der Waals surface area (Å²) >= 11 is 3.35. The normalized spacial score (nSPS) is 10.3. The quantitative estimate of drug-likeness (QED) is 0.896. The van der Waals surface area contributed by atoms with Crippen molar-refractivity contribution >= 4 is 27.5 Å². The highest BCUT2D eigenvalue weighted by molar-refractivity contribution is 9.10. The molecule has 0 aliphatic rings. The van der Waals surface area contributed by atoms with E-state index in [0.29, 0.717) is 29.5 Å². The van der Waals surface area contributed by atoms with Gasteiger partial charge in [-0.15, -0.1) is 0 Å². The molecule has 2 rings (SSSR count). The Bertz CT molecular complexity index is 652. The van der Waals surface area contributed by atoms with E-state index in [1.54, 1.807) is 35.9 Å². The summed E-state index contributed by atoms with van der Waals surface area (Å²) in [7, 11) is 3.40. The molecule has 0 radical (unpaired) electrons. The lowest BCUT2D eigenvalue weighted by Gasteiger charge is -2.12. The highest BCUT2D eigenvalue weighted by Gasteiger charge is 2.13. The van der Waals surface area contributed by atoms with Gasteiger partial charge in [0, 0.05) is 29.5 Å². The third-order valence-electron chi connectivity index (χ3n) is 2.93. The Balaban J connectivity index is 2.21. The Morgan fingerprint density at radius 2 is 2.10 bits per heavy atom. The lowest BCUT2D eigenvalue weighted by Crippen LogP contribution is -2.15. The van der Waals surface area contributed by atoms with Crippen molar-refractivity contribution in [3.8, 4) is 11.5 Å². The highest BCUT2D eigenvalue weighted by atomic mass is 79.9. The van der Waals surface area contributed by atoms with Crippen LogP contribution < -0.4 is 14.8 Å². The summed E-state index contributed by atoms with van der Waals surface area (Å²) in [5.74, 6) is 1.05. The van der Waals surface area contributed by atoms with Gasteiger partial charge in [0.15, 0.2) is 11.5 Å². The summed E-state index contributed by atoms with van der Waals surface area (Å²) in [6.07, 6.45) is 1.83. The summed E-state index contributed by atoms with van der Waals surface area (Å²) in [4.78, 5) is 12.2. The number of nitrogens with zero attached hydrogens (tertiary/aromatic N) is 1. The summed E-state index contributed by atoms with van der Waals surface area (Å²) in [6, 6.07) is 7.05. The molecule has 0 saturated heterocycles. The number of methoxy groups -OCH3 is 1. The highest BCUT2D eigenvalue weighted by Crippen LogP contribution is 2.30. The standard InChI is InChI=1S/C15H17BrN2O3/c1-4-21-14-8-11(5-6-13(14)20-3)17-15(19)12-7-10(16)9-18(12)2/h5-9H,4H2,1-3H3,(H,17,19). The minimum atomic E-state index is -0.184. The third-order valence-corrected chi connectivity index (χ3v) is 3.36. The predicted molar refractivity (Wildman–Crippen MR) is 85.2 cm³/mol. The van der Waals surface area contributed by atoms with Gasteiger partial charge in [0.25, 0.3) is 5.91 Å². The minimum absolute atomic E-state index is 0.184. The lowest BCUT2D eigenvalue weighted by atomic mass is 10.2. The Kier molecular flexibility index (Phi) is 4.90. The number of aryl methyl sites for hydroxylation is 1. The fourth-order valence-electron chi connectivity index (χ4n) is 1.97. The molecule has 0 aliphatic carbocycles. The van der Waals surface area contributed by atoms with Crippen LogP contribution in [0.2, 0.25) is 0 Å². The number of carbonyl (C=O) groups excluding carboxylic acids is 1. The fraction of sp³-hybridized carbons (Fsp3) is 0.267. The van der Waals surface area contributed by atoms with Crippen LogP contribution in [0.5, 0.6) is 11.5 Å². The van der Waals surface area contributed by atoms with Crippen molar-refractivity contribution in [1.82, 2.24) is 4.57 Å². The molecule has 5 nitrogen and oxygen atoms in total. The summed E-state index contributed by atoms with van der Waals surface area (Å²) < 4.78 is 13.3. The zero-order valence-corrected chi connectivity index (χ0v) is 13.7. The summed E-state index contributed by atoms with van der Waals surface area (Å²) in [6.45, 7) is 2.42. The second kappa shape index (κ2) is 6.67. The zero-order valence-electron chi connectivity index (χ0n) is 12.1. The van der Waals surface area contributed by atoms with Gasteiger partial charge in [-0.1, -0.05) is 0 Å². The largest absolute Gasteiger partial charge is 0.493 e. The molecular formula is C15H17BrN2O3. The summed E-state index contributed by atoms with van der Waals surface area (Å²) in [5.41, 5.74) is 1.22. The number of ether oxygens (including phenoxy) is 2. The van der Waals surface area contributed by atoms with Crippen LogP contribution in [0.3, 0.4) is 0 Å². The third kappa shape index (κ3) is 3.58. The lowest BCUT2D eigenvalue weighted by molar-refractivity contribution is 0.101. The molecule has 0 saturated carbocycles. The Morgan fingerprint density at radius 1 is 1.33 bits per heavy atom. The number of nitrogens with one attached hydrogen (secondary N) is 1. The van der Waals surface area contributed by atoms with E-state index in [4.69, 9.17) is 9.47 Å². The molecule has 1 heterocycles. The first-order valence-electron chi connectivity index (χ1n) is 6.49. The Hall–Kier alpha value is -1.95. The van der Waals surface area contributed by atoms with E-state index in [1.807, 2.05) is 20.2 Å². The van der Waals surface area contributed by atoms with E-state index < -0.39 is 0 Å². The van der Waals surface area contributed by atoms with Crippen molar-refractivity contribution < 1.29 is 14.3 Å². The number of aromatic nitrogens is 1. The van der Waals surface area contributed by atoms with E-state index in [0.717, 1.165) is 4.47 Å². The smallest absolute Gasteiger partial charge is 0.272 e. The van der Waals surface area contributed by atoms with Crippen molar-refractivity contribution in [2.24, 2.45) is 7.05 Å². The Morgan fingerprint density at radius 3 is 2.67 bits per heavy atom. The van der Waals surface area contributed by atoms with Crippen LogP contribution >= 0.6 is 15.9 Å². The molecule has 6 heteroatoms. The topological polar surface area (TPSA) is 52.5 Å². The maximum atomic E-state index is 12.2. The van der Waals surface area contributed by atoms with Gasteiger partial charge in [0.05, 0.1) is 13.7 Å². The molecule has 1 aromatic carbocycles. The van der Waals surface area contributed by atoms with Crippen LogP contribution in [0.25, 0.3) is 0 Å². The molecule has 0 fully saturated rings. The van der Waals surface area contributed by atoms with Crippen molar-refractivity contribution in [2.45, 2.75) is 6.92 Å². The van der Waals surface area contributed by atoms with Crippen molar-refractivity contribution in [1.29, 1.82) is 0 Å². The van der Waals surface area contributed by atoms with Crippen LogP contribution in [0.15, 0.2) is 34.9 Å². The van der Waals surface area contributed by atoms with Gasteiger partial charge < -0.3 is 19.4 Å². The van der Waals surface area contributed by atoms with Gasteiger partial charge in [0.1, 0.15) is 5.69 Å². The fourth-order valence-corrected chi connectivity index (χ4v) is 2.49. The van der Waals surface area contributed by atoms with Crippen molar-refractivity contribution in [3.63, 3.8) is 0 Å². The van der Waals surface area contributed by atoms with Gasteiger partial charge in [-0.05, 0) is 41.1 Å². The maximum Gasteiger partial charge on any atom is 0.272 e. The molecule has 2 aromatic rings. The number of halogens is 1. The van der Waals surface area contributed by atoms with E-state index >= 15 is 0 Å². The van der Waals surface area contributed by atoms with E-state index in [1.165, 1.54) is 0 Å². The number of benzene rings is 1. The second-order valence-corrected chi connectivity index (χ2v) is 5.32. The molecule has 0 bridgehead atoms. The first-order chi connectivity index (χ1) is 10.0. The van der Waals surface area contributed by atoms with Gasteiger partial charge in [-0.3, -0.25) is 4.79 Å². The van der Waals surface area contributed by atoms with Gasteiger partial charge in [-0.2, -0.15) is 0 Å². The number of carbonyl (C=O) groups is 1. The number of anilines is 1. The van der Waals surface area contributed by atoms with Crippen LogP contribution in [0.4, 0.5) is 5.69 Å². The van der Waals surface area contributed by atoms with Gasteiger partial charge in [-0.25, -0.2) is 0 Å². The molecule has 1 N–H and O–H groups in total. The van der Waals surface area contributed by atoms with E-state index in [9.17, 15) is 4.79 Å². The molecular weight excluding hydrogens is 336 g/mol. The SMILES string of the molecule is CCOc1cc(NC(=O)c2cc(Br)cn2C)ccc1OC. The average molecular weight is 353 g/mol. The van der Waals surface area contributed by atoms with Gasteiger partial charge in [0.2, 0.25) is 0 Å². The molecule has 0 spiro atoms. The van der Waals surface area contributed by atoms with E-state index in [-0.39, 0.29) is 5.91 Å². The van der Waals surface area contributed by atoms with Crippen molar-refractivity contribution in [2.75, 3.05) is 19.0 Å². The minimum Gasteiger partial charge on any atom is -0.493 e. The monoisotopic (exact) mass is 352 g/mol. The molecule has 21 heavy (non-hydrogen) atoms. The first kappa shape index (κ1) is 15.4. The molecule has 0 atom stereocenters. The van der Waals surface area contributed by atoms with Crippen LogP contribution in [-0.4, -0.2) is 24.2 Å². The molecule has 0 aliphatic heterocycles. The first-order valence-corrected chi connectivity index (χ1v) is 7.28. The van der Waals surface area contributed by atoms with Crippen LogP contribution in [0.1, 0.15) is 17.4 Å². The van der Waals surface area contributed by atoms with Crippen molar-refractivity contribution in [3.05, 3.63) is 40.6 Å². The maximum absolute atomic E-state index is 12.2. The van der Waals surface area contributed by atoms with E-state index in [2.05, 4.69) is 21.2 Å². The zero-order chi connectivity index (χ0) is 15.4. The molecule has 0 unspecified atom stereocenters. The number of hydrogen-bond donors (Lipinski definition) is 1. The number of rotatable bonds is 5. The van der Waals surface area contributed by atoms with Crippen LogP contribution in [-0.2, 0) is 7.05 Å². The molecule has 1 amide bonds. The summed E-state index contributed by atoms with van der Waals surface area (Å²) in [5, 5.41) is 2.85. The number of amides is 1.